The first kappa shape index (κ1) is 34.4. The van der Waals surface area contributed by atoms with Gasteiger partial charge in [0.25, 0.3) is 0 Å². The summed E-state index contributed by atoms with van der Waals surface area (Å²) in [7, 11) is -4.20. The smallest absolute Gasteiger partial charge is 0.445 e. The molecule has 2 heterocycles. The predicted octanol–water partition coefficient (Wildman–Crippen LogP) is 3.88. The summed E-state index contributed by atoms with van der Waals surface area (Å²) in [4.78, 5) is 53.5. The zero-order valence-electron chi connectivity index (χ0n) is 26.3. The second-order valence-electron chi connectivity index (χ2n) is 11.3. The third-order valence-corrected chi connectivity index (χ3v) is 10.2. The quantitative estimate of drug-likeness (QED) is 0.204. The molecule has 0 saturated carbocycles. The maximum Gasteiger partial charge on any atom is 0.453 e. The van der Waals surface area contributed by atoms with Gasteiger partial charge in [-0.25, -0.2) is 9.36 Å². The third-order valence-electron chi connectivity index (χ3n) is 7.96. The van der Waals surface area contributed by atoms with Crippen molar-refractivity contribution in [1.29, 1.82) is 0 Å². The van der Waals surface area contributed by atoms with Gasteiger partial charge in [0.1, 0.15) is 24.1 Å². The summed E-state index contributed by atoms with van der Waals surface area (Å²) < 4.78 is 32.6. The van der Waals surface area contributed by atoms with Crippen LogP contribution in [0.1, 0.15) is 31.2 Å². The third kappa shape index (κ3) is 8.51. The summed E-state index contributed by atoms with van der Waals surface area (Å²) in [5.41, 5.74) is 12.5. The largest absolute Gasteiger partial charge is 0.453 e. The highest BCUT2D eigenvalue weighted by Gasteiger charge is 2.50. The molecule has 254 valence electrons. The summed E-state index contributed by atoms with van der Waals surface area (Å²) in [6.07, 6.45) is 1.31. The van der Waals surface area contributed by atoms with Crippen LogP contribution < -0.4 is 31.1 Å². The molecule has 2 aliphatic heterocycles. The minimum absolute atomic E-state index is 0.0731. The SMILES string of the molecule is NCC(=O)Nc1ccc(OP(=O)(Oc2ccc(NC(=O)CN)cc2)[C@@H]2CCCN2C(=O)[C@@H]2CCCN2C(=O)OCc2ccccc2)cc1. The van der Waals surface area contributed by atoms with Gasteiger partial charge in [0.15, 0.2) is 5.78 Å². The summed E-state index contributed by atoms with van der Waals surface area (Å²) in [5.74, 6) is -1.73. The van der Waals surface area contributed by atoms with Crippen molar-refractivity contribution in [2.24, 2.45) is 11.5 Å². The molecule has 2 atom stereocenters. The van der Waals surface area contributed by atoms with Gasteiger partial charge in [-0.05, 0) is 79.8 Å². The van der Waals surface area contributed by atoms with E-state index in [1.54, 1.807) is 24.3 Å². The average Bonchev–Trinajstić information content (AvgIpc) is 3.81. The summed E-state index contributed by atoms with van der Waals surface area (Å²) >= 11 is 0. The molecule has 2 fully saturated rings. The number of hydrogen-bond donors (Lipinski definition) is 4. The fourth-order valence-corrected chi connectivity index (χ4v) is 7.81. The standard InChI is InChI=1S/C33H39N6O8P/c34-20-29(40)36-24-10-14-26(15-11-24)46-48(44,47-27-16-12-25(13-17-27)37-30(41)21-35)31-9-5-19-39(31)32(42)28-8-4-18-38(28)33(43)45-22-23-6-2-1-3-7-23/h1-3,6-7,10-17,28,31H,4-5,8-9,18-22,34-35H2,(H,36,40)(H,37,41)/t28-,31+/m0/s1. The van der Waals surface area contributed by atoms with E-state index in [-0.39, 0.29) is 55.5 Å². The van der Waals surface area contributed by atoms with Crippen LogP contribution >= 0.6 is 7.60 Å². The van der Waals surface area contributed by atoms with Crippen molar-refractivity contribution in [3.05, 3.63) is 84.4 Å². The van der Waals surface area contributed by atoms with Gasteiger partial charge in [-0.2, -0.15) is 0 Å². The molecule has 0 spiro atoms. The van der Waals surface area contributed by atoms with Gasteiger partial charge in [-0.3, -0.25) is 19.3 Å². The fourth-order valence-electron chi connectivity index (χ4n) is 5.63. The molecule has 0 unspecified atom stereocenters. The Hall–Kier alpha value is -4.91. The zero-order chi connectivity index (χ0) is 34.1. The number of hydrogen-bond acceptors (Lipinski definition) is 10. The highest BCUT2D eigenvalue weighted by Crippen LogP contribution is 2.57. The van der Waals surface area contributed by atoms with Crippen molar-refractivity contribution in [1.82, 2.24) is 9.80 Å². The minimum Gasteiger partial charge on any atom is -0.445 e. The van der Waals surface area contributed by atoms with Crippen LogP contribution in [0.2, 0.25) is 0 Å². The Morgan fingerprint density at radius 1 is 0.729 bits per heavy atom. The van der Waals surface area contributed by atoms with E-state index in [1.807, 2.05) is 30.3 Å². The minimum atomic E-state index is -4.20. The molecule has 0 radical (unpaired) electrons. The number of ether oxygens (including phenoxy) is 1. The summed E-state index contributed by atoms with van der Waals surface area (Å²) in [6.45, 7) is 0.337. The van der Waals surface area contributed by atoms with Crippen LogP contribution in [0, 0.1) is 0 Å². The molecule has 0 aromatic heterocycles. The molecule has 15 heteroatoms. The van der Waals surface area contributed by atoms with Crippen LogP contribution in [0.3, 0.4) is 0 Å². The maximum atomic E-state index is 14.9. The molecule has 2 aliphatic rings. The first-order valence-corrected chi connectivity index (χ1v) is 17.3. The van der Waals surface area contributed by atoms with Crippen molar-refractivity contribution in [3.8, 4) is 11.5 Å². The first-order valence-electron chi connectivity index (χ1n) is 15.7. The lowest BCUT2D eigenvalue weighted by atomic mass is 10.2. The molecule has 0 aliphatic carbocycles. The highest BCUT2D eigenvalue weighted by atomic mass is 31.2. The Labute approximate surface area is 278 Å². The molecule has 4 amide bonds. The van der Waals surface area contributed by atoms with E-state index in [4.69, 9.17) is 25.3 Å². The topological polar surface area (TPSA) is 196 Å². The molecule has 14 nitrogen and oxygen atoms in total. The van der Waals surface area contributed by atoms with Crippen molar-refractivity contribution in [3.63, 3.8) is 0 Å². The summed E-state index contributed by atoms with van der Waals surface area (Å²) in [6, 6.07) is 20.8. The average molecular weight is 679 g/mol. The van der Waals surface area contributed by atoms with Crippen molar-refractivity contribution in [2.45, 2.75) is 44.1 Å². The van der Waals surface area contributed by atoms with Gasteiger partial charge in [-0.15, -0.1) is 0 Å². The molecule has 5 rings (SSSR count). The number of nitrogens with one attached hydrogen (secondary N) is 2. The van der Waals surface area contributed by atoms with Gasteiger partial charge >= 0.3 is 13.7 Å². The summed E-state index contributed by atoms with van der Waals surface area (Å²) in [5, 5.41) is 5.26. The highest BCUT2D eigenvalue weighted by molar-refractivity contribution is 7.55. The Balaban J connectivity index is 1.36. The Bertz CT molecular complexity index is 1570. The van der Waals surface area contributed by atoms with Crippen LogP contribution in [0.4, 0.5) is 16.2 Å². The number of rotatable bonds is 12. The normalized spacial score (nSPS) is 17.5. The molecule has 3 aromatic rings. The van der Waals surface area contributed by atoms with E-state index in [0.29, 0.717) is 43.6 Å². The van der Waals surface area contributed by atoms with Gasteiger partial charge in [0, 0.05) is 24.5 Å². The zero-order valence-corrected chi connectivity index (χ0v) is 27.2. The van der Waals surface area contributed by atoms with Crippen LogP contribution in [0.5, 0.6) is 11.5 Å². The number of nitrogens with two attached hydrogens (primary N) is 2. The Kier molecular flexibility index (Phi) is 11.3. The van der Waals surface area contributed by atoms with Crippen molar-refractivity contribution >= 4 is 42.8 Å². The fraction of sp³-hybridized carbons (Fsp3) is 0.333. The van der Waals surface area contributed by atoms with E-state index in [2.05, 4.69) is 10.6 Å². The van der Waals surface area contributed by atoms with Crippen LogP contribution in [0.25, 0.3) is 0 Å². The molecule has 2 saturated heterocycles. The van der Waals surface area contributed by atoms with Crippen LogP contribution in [-0.4, -0.2) is 71.6 Å². The van der Waals surface area contributed by atoms with E-state index in [0.717, 1.165) is 5.56 Å². The van der Waals surface area contributed by atoms with Crippen molar-refractivity contribution in [2.75, 3.05) is 36.8 Å². The van der Waals surface area contributed by atoms with Crippen molar-refractivity contribution < 1.29 is 37.5 Å². The Morgan fingerprint density at radius 2 is 1.25 bits per heavy atom. The van der Waals surface area contributed by atoms with E-state index >= 15 is 0 Å². The number of likely N-dealkylation sites (tertiary alicyclic amines) is 2. The van der Waals surface area contributed by atoms with E-state index in [1.165, 1.54) is 34.1 Å². The second kappa shape index (κ2) is 15.8. The first-order chi connectivity index (χ1) is 23.2. The number of nitrogens with zero attached hydrogens (tertiary/aromatic N) is 2. The number of carbonyl (C=O) groups is 4. The lowest BCUT2D eigenvalue weighted by Gasteiger charge is -2.34. The van der Waals surface area contributed by atoms with Crippen LogP contribution in [0.15, 0.2) is 78.9 Å². The maximum absolute atomic E-state index is 14.9. The van der Waals surface area contributed by atoms with Gasteiger partial charge in [-0.1, -0.05) is 30.3 Å². The number of amides is 4. The molecular weight excluding hydrogens is 639 g/mol. The lowest BCUT2D eigenvalue weighted by molar-refractivity contribution is -0.135. The predicted molar refractivity (Wildman–Crippen MR) is 178 cm³/mol. The van der Waals surface area contributed by atoms with Gasteiger partial charge in [0.05, 0.1) is 13.1 Å². The molecule has 6 N–H and O–H groups in total. The van der Waals surface area contributed by atoms with Gasteiger partial charge < -0.3 is 40.8 Å². The Morgan fingerprint density at radius 3 is 1.79 bits per heavy atom. The van der Waals surface area contributed by atoms with Gasteiger partial charge in [0.2, 0.25) is 17.7 Å². The lowest BCUT2D eigenvalue weighted by Crippen LogP contribution is -2.49. The number of anilines is 2. The number of carbonyl (C=O) groups excluding carboxylic acids is 4. The number of benzene rings is 3. The molecule has 0 bridgehead atoms. The van der Waals surface area contributed by atoms with E-state index < -0.39 is 25.5 Å². The monoisotopic (exact) mass is 678 g/mol. The molecule has 3 aromatic carbocycles. The second-order valence-corrected chi connectivity index (χ2v) is 13.4. The molecule has 48 heavy (non-hydrogen) atoms. The van der Waals surface area contributed by atoms with Crippen LogP contribution in [-0.2, 0) is 30.3 Å². The van der Waals surface area contributed by atoms with E-state index in [9.17, 15) is 23.7 Å². The molecular formula is C33H39N6O8P.